The highest BCUT2D eigenvalue weighted by Gasteiger charge is 2.29. The van der Waals surface area contributed by atoms with Crippen LogP contribution < -0.4 is 5.73 Å². The van der Waals surface area contributed by atoms with E-state index in [9.17, 15) is 4.79 Å². The molecule has 19 heavy (non-hydrogen) atoms. The first-order valence-corrected chi connectivity index (χ1v) is 7.67. The second kappa shape index (κ2) is 6.64. The van der Waals surface area contributed by atoms with Gasteiger partial charge in [0.05, 0.1) is 6.54 Å². The number of nitrogens with two attached hydrogens (primary N) is 1. The monoisotopic (exact) mass is 324 g/mol. The molecule has 0 saturated heterocycles. The van der Waals surface area contributed by atoms with E-state index in [1.807, 2.05) is 37.4 Å². The number of nitrogens with zero attached hydrogens (tertiary/aromatic N) is 1. The third kappa shape index (κ3) is 3.88. The Hall–Kier alpha value is -0.710. The average Bonchev–Trinajstić information content (AvgIpc) is 2.42. The van der Waals surface area contributed by atoms with Crippen molar-refractivity contribution in [2.75, 3.05) is 13.6 Å². The minimum atomic E-state index is 0.184. The summed E-state index contributed by atoms with van der Waals surface area (Å²) in [5.41, 5.74) is 6.79. The van der Waals surface area contributed by atoms with Crippen molar-refractivity contribution in [1.82, 2.24) is 4.90 Å². The maximum absolute atomic E-state index is 12.2. The Bertz CT molecular complexity index is 423. The van der Waals surface area contributed by atoms with Crippen LogP contribution in [-0.4, -0.2) is 41.2 Å². The van der Waals surface area contributed by atoms with Crippen LogP contribution in [0.25, 0.3) is 0 Å². The minimum absolute atomic E-state index is 0.184. The van der Waals surface area contributed by atoms with E-state index in [1.165, 1.54) is 0 Å². The molecular weight excluding hydrogens is 304 g/mol. The lowest BCUT2D eigenvalue weighted by molar-refractivity contribution is 0.0898. The smallest absolute Gasteiger partial charge is 0.176 e. The lowest BCUT2D eigenvalue weighted by atomic mass is 9.90. The van der Waals surface area contributed by atoms with Gasteiger partial charge in [-0.2, -0.15) is 0 Å². The van der Waals surface area contributed by atoms with Crippen molar-refractivity contribution in [3.05, 3.63) is 35.9 Å². The number of hydrogen-bond acceptors (Lipinski definition) is 3. The zero-order valence-corrected chi connectivity index (χ0v) is 12.8. The molecule has 1 aliphatic carbocycles. The Balaban J connectivity index is 1.91. The van der Waals surface area contributed by atoms with Crippen LogP contribution in [0.5, 0.6) is 0 Å². The van der Waals surface area contributed by atoms with E-state index in [1.54, 1.807) is 0 Å². The van der Waals surface area contributed by atoms with Crippen LogP contribution in [-0.2, 0) is 0 Å². The van der Waals surface area contributed by atoms with E-state index >= 15 is 0 Å². The first kappa shape index (κ1) is 14.7. The number of likely N-dealkylation sites (N-methyl/N-ethyl adjacent to an activating group) is 1. The molecule has 1 saturated carbocycles. The zero-order chi connectivity index (χ0) is 13.8. The first-order valence-electron chi connectivity index (χ1n) is 6.76. The number of carbonyl (C=O) groups is 1. The van der Waals surface area contributed by atoms with Gasteiger partial charge in [-0.05, 0) is 26.3 Å². The molecule has 3 atom stereocenters. The number of hydrogen-bond donors (Lipinski definition) is 1. The van der Waals surface area contributed by atoms with Crippen molar-refractivity contribution in [1.29, 1.82) is 0 Å². The molecular formula is C15H21BrN2O. The van der Waals surface area contributed by atoms with E-state index < -0.39 is 0 Å². The number of halogens is 1. The molecule has 0 spiro atoms. The van der Waals surface area contributed by atoms with Crippen LogP contribution in [0.2, 0.25) is 0 Å². The van der Waals surface area contributed by atoms with Gasteiger partial charge in [0.25, 0.3) is 0 Å². The van der Waals surface area contributed by atoms with Gasteiger partial charge in [0.15, 0.2) is 5.78 Å². The number of benzene rings is 1. The topological polar surface area (TPSA) is 46.3 Å². The van der Waals surface area contributed by atoms with Gasteiger partial charge in [-0.25, -0.2) is 0 Å². The molecule has 2 rings (SSSR count). The van der Waals surface area contributed by atoms with E-state index in [2.05, 4.69) is 20.8 Å². The van der Waals surface area contributed by atoms with Crippen LogP contribution >= 0.6 is 15.9 Å². The molecule has 0 bridgehead atoms. The lowest BCUT2D eigenvalue weighted by Gasteiger charge is -2.36. The van der Waals surface area contributed by atoms with Crippen molar-refractivity contribution >= 4 is 21.7 Å². The summed E-state index contributed by atoms with van der Waals surface area (Å²) in [7, 11) is 2.03. The normalized spacial score (nSPS) is 27.5. The second-order valence-electron chi connectivity index (χ2n) is 5.35. The summed E-state index contributed by atoms with van der Waals surface area (Å²) in [6.07, 6.45) is 3.10. The summed E-state index contributed by atoms with van der Waals surface area (Å²) in [6, 6.07) is 10.2. The third-order valence-corrected chi connectivity index (χ3v) is 4.96. The highest BCUT2D eigenvalue weighted by atomic mass is 79.9. The maximum atomic E-state index is 12.2. The highest BCUT2D eigenvalue weighted by Crippen LogP contribution is 2.26. The minimum Gasteiger partial charge on any atom is -0.327 e. The predicted molar refractivity (Wildman–Crippen MR) is 81.7 cm³/mol. The van der Waals surface area contributed by atoms with Crippen molar-refractivity contribution < 1.29 is 4.79 Å². The van der Waals surface area contributed by atoms with Crippen molar-refractivity contribution in [3.63, 3.8) is 0 Å². The zero-order valence-electron chi connectivity index (χ0n) is 11.3. The fraction of sp³-hybridized carbons (Fsp3) is 0.533. The molecule has 1 aliphatic rings. The van der Waals surface area contributed by atoms with Crippen LogP contribution in [0, 0.1) is 0 Å². The second-order valence-corrected chi connectivity index (χ2v) is 6.53. The fourth-order valence-corrected chi connectivity index (χ4v) is 3.29. The van der Waals surface area contributed by atoms with E-state index in [-0.39, 0.29) is 11.8 Å². The Morgan fingerprint density at radius 1 is 1.37 bits per heavy atom. The Morgan fingerprint density at radius 2 is 2.05 bits per heavy atom. The van der Waals surface area contributed by atoms with Gasteiger partial charge in [-0.1, -0.05) is 46.3 Å². The molecule has 3 nitrogen and oxygen atoms in total. The van der Waals surface area contributed by atoms with Gasteiger partial charge < -0.3 is 5.73 Å². The molecule has 4 heteroatoms. The summed E-state index contributed by atoms with van der Waals surface area (Å²) >= 11 is 3.64. The Morgan fingerprint density at radius 3 is 2.68 bits per heavy atom. The number of carbonyl (C=O) groups excluding carboxylic acids is 1. The molecule has 0 aliphatic heterocycles. The third-order valence-electron chi connectivity index (χ3n) is 3.91. The number of ketones is 1. The molecule has 1 aromatic carbocycles. The highest BCUT2D eigenvalue weighted by molar-refractivity contribution is 9.09. The standard InChI is InChI=1S/C15H21BrN2O/c1-18(12-7-8-14(17)13(16)9-12)10-15(19)11-5-3-2-4-6-11/h2-6,12-14H,7-10,17H2,1H3. The Labute approximate surface area is 123 Å². The van der Waals surface area contributed by atoms with Gasteiger partial charge in [0, 0.05) is 22.5 Å². The van der Waals surface area contributed by atoms with Crippen molar-refractivity contribution in [3.8, 4) is 0 Å². The molecule has 0 aromatic heterocycles. The Kier molecular flexibility index (Phi) is 5.13. The molecule has 2 N–H and O–H groups in total. The van der Waals surface area contributed by atoms with Crippen molar-refractivity contribution in [2.45, 2.75) is 36.2 Å². The maximum Gasteiger partial charge on any atom is 0.176 e. The molecule has 1 aromatic rings. The van der Waals surface area contributed by atoms with Gasteiger partial charge >= 0.3 is 0 Å². The van der Waals surface area contributed by atoms with Crippen molar-refractivity contribution in [2.24, 2.45) is 5.73 Å². The molecule has 0 radical (unpaired) electrons. The summed E-state index contributed by atoms with van der Waals surface area (Å²) in [5.74, 6) is 0.184. The summed E-state index contributed by atoms with van der Waals surface area (Å²) in [4.78, 5) is 14.7. The van der Waals surface area contributed by atoms with Crippen LogP contribution in [0.15, 0.2) is 30.3 Å². The van der Waals surface area contributed by atoms with E-state index in [0.29, 0.717) is 17.4 Å². The van der Waals surface area contributed by atoms with E-state index in [4.69, 9.17) is 5.73 Å². The fourth-order valence-electron chi connectivity index (χ4n) is 2.59. The molecule has 0 amide bonds. The van der Waals surface area contributed by atoms with Gasteiger partial charge in [0.2, 0.25) is 0 Å². The van der Waals surface area contributed by atoms with Crippen LogP contribution in [0.4, 0.5) is 0 Å². The van der Waals surface area contributed by atoms with Gasteiger partial charge in [-0.3, -0.25) is 9.69 Å². The quantitative estimate of drug-likeness (QED) is 0.683. The van der Waals surface area contributed by atoms with Crippen LogP contribution in [0.3, 0.4) is 0 Å². The summed E-state index contributed by atoms with van der Waals surface area (Å²) in [6.45, 7) is 0.476. The summed E-state index contributed by atoms with van der Waals surface area (Å²) in [5, 5.41) is 0. The molecule has 104 valence electrons. The molecule has 0 heterocycles. The molecule has 1 fully saturated rings. The van der Waals surface area contributed by atoms with E-state index in [0.717, 1.165) is 24.8 Å². The first-order chi connectivity index (χ1) is 9.08. The predicted octanol–water partition coefficient (Wildman–Crippen LogP) is 2.44. The number of alkyl halides is 1. The van der Waals surface area contributed by atoms with Gasteiger partial charge in [-0.15, -0.1) is 0 Å². The lowest BCUT2D eigenvalue weighted by Crippen LogP contribution is -2.46. The van der Waals surface area contributed by atoms with Crippen LogP contribution in [0.1, 0.15) is 29.6 Å². The SMILES string of the molecule is CN(CC(=O)c1ccccc1)C1CCC(N)C(Br)C1. The summed E-state index contributed by atoms with van der Waals surface area (Å²) < 4.78 is 0. The molecule has 3 unspecified atom stereocenters. The average molecular weight is 325 g/mol. The number of rotatable bonds is 4. The number of Topliss-reactive ketones (excluding diaryl/α,β-unsaturated/α-hetero) is 1. The largest absolute Gasteiger partial charge is 0.327 e. The van der Waals surface area contributed by atoms with Gasteiger partial charge in [0.1, 0.15) is 0 Å².